The minimum atomic E-state index is -0.319. The Hall–Kier alpha value is -1.87. The van der Waals surface area contributed by atoms with Gasteiger partial charge in [-0.15, -0.1) is 21.5 Å². The molecule has 0 radical (unpaired) electrons. The molecule has 1 N–H and O–H groups in total. The van der Waals surface area contributed by atoms with E-state index in [0.29, 0.717) is 18.2 Å². The van der Waals surface area contributed by atoms with Gasteiger partial charge in [-0.05, 0) is 26.7 Å². The second kappa shape index (κ2) is 8.88. The molecule has 0 aliphatic carbocycles. The number of nitrogens with one attached hydrogen (secondary N) is 1. The van der Waals surface area contributed by atoms with Crippen molar-refractivity contribution in [3.8, 4) is 0 Å². The molecule has 1 aliphatic heterocycles. The van der Waals surface area contributed by atoms with Gasteiger partial charge in [0, 0.05) is 37.2 Å². The van der Waals surface area contributed by atoms with Crippen molar-refractivity contribution in [1.29, 1.82) is 0 Å². The fraction of sp³-hybridized carbons (Fsp3) is 0.611. The summed E-state index contributed by atoms with van der Waals surface area (Å²) < 4.78 is 0. The number of aromatic nitrogens is 3. The minimum absolute atomic E-state index is 0.0527. The van der Waals surface area contributed by atoms with Crippen LogP contribution in [0.5, 0.6) is 0 Å². The lowest BCUT2D eigenvalue weighted by Gasteiger charge is -2.12. The van der Waals surface area contributed by atoms with Crippen molar-refractivity contribution in [2.45, 2.75) is 52.9 Å². The van der Waals surface area contributed by atoms with Gasteiger partial charge in [0.15, 0.2) is 0 Å². The van der Waals surface area contributed by atoms with Gasteiger partial charge in [-0.25, -0.2) is 4.98 Å². The summed E-state index contributed by atoms with van der Waals surface area (Å²) in [6.07, 6.45) is 3.80. The third-order valence-corrected chi connectivity index (χ3v) is 6.72. The first kappa shape index (κ1) is 19.9. The van der Waals surface area contributed by atoms with E-state index in [1.54, 1.807) is 16.2 Å². The number of carbonyl (C=O) groups excluding carboxylic acids is 2. The third-order valence-electron chi connectivity index (χ3n) is 4.59. The number of amides is 2. The lowest BCUT2D eigenvalue weighted by atomic mass is 10.1. The Morgan fingerprint density at radius 3 is 2.74 bits per heavy atom. The Balaban J connectivity index is 1.45. The monoisotopic (exact) mass is 407 g/mol. The standard InChI is InChI=1S/C18H25N5O2S2/c1-4-6-15-21-22-18(27-15)23-10-13(9-16(23)24)17(25)19-8-5-7-14-20-11(2)12(3)26-14/h13H,4-10H2,1-3H3,(H,19,25). The van der Waals surface area contributed by atoms with Crippen molar-refractivity contribution >= 4 is 39.6 Å². The number of aryl methyl sites for hydroxylation is 4. The molecule has 0 spiro atoms. The van der Waals surface area contributed by atoms with E-state index in [1.165, 1.54) is 16.2 Å². The van der Waals surface area contributed by atoms with Crippen LogP contribution in [-0.2, 0) is 22.4 Å². The van der Waals surface area contributed by atoms with Crippen LogP contribution in [0.2, 0.25) is 0 Å². The quantitative estimate of drug-likeness (QED) is 0.680. The zero-order valence-electron chi connectivity index (χ0n) is 15.9. The average molecular weight is 408 g/mol. The molecule has 2 amide bonds. The van der Waals surface area contributed by atoms with Gasteiger partial charge in [-0.2, -0.15) is 0 Å². The second-order valence-electron chi connectivity index (χ2n) is 6.78. The first-order valence-electron chi connectivity index (χ1n) is 9.31. The van der Waals surface area contributed by atoms with Crippen molar-refractivity contribution in [3.05, 3.63) is 20.6 Å². The molecular weight excluding hydrogens is 382 g/mol. The van der Waals surface area contributed by atoms with Gasteiger partial charge < -0.3 is 5.32 Å². The molecule has 9 heteroatoms. The Labute approximate surface area is 167 Å². The molecule has 146 valence electrons. The van der Waals surface area contributed by atoms with Crippen LogP contribution in [0, 0.1) is 19.8 Å². The van der Waals surface area contributed by atoms with Gasteiger partial charge in [-0.3, -0.25) is 14.5 Å². The van der Waals surface area contributed by atoms with Crippen molar-refractivity contribution in [3.63, 3.8) is 0 Å². The topological polar surface area (TPSA) is 88.1 Å². The van der Waals surface area contributed by atoms with Crippen molar-refractivity contribution in [1.82, 2.24) is 20.5 Å². The molecule has 27 heavy (non-hydrogen) atoms. The molecule has 3 heterocycles. The lowest BCUT2D eigenvalue weighted by molar-refractivity contribution is -0.126. The highest BCUT2D eigenvalue weighted by Crippen LogP contribution is 2.28. The number of nitrogens with zero attached hydrogens (tertiary/aromatic N) is 4. The molecule has 0 aromatic carbocycles. The van der Waals surface area contributed by atoms with Crippen LogP contribution < -0.4 is 10.2 Å². The zero-order valence-corrected chi connectivity index (χ0v) is 17.6. The molecule has 7 nitrogen and oxygen atoms in total. The molecule has 0 bridgehead atoms. The summed E-state index contributed by atoms with van der Waals surface area (Å²) in [5, 5.41) is 13.8. The van der Waals surface area contributed by atoms with E-state index in [2.05, 4.69) is 34.3 Å². The number of carbonyl (C=O) groups is 2. The van der Waals surface area contributed by atoms with Crippen LogP contribution in [0.3, 0.4) is 0 Å². The molecule has 1 unspecified atom stereocenters. The summed E-state index contributed by atoms with van der Waals surface area (Å²) in [4.78, 5) is 32.1. The van der Waals surface area contributed by atoms with Crippen LogP contribution in [0.25, 0.3) is 0 Å². The smallest absolute Gasteiger partial charge is 0.229 e. The molecule has 1 aliphatic rings. The Bertz CT molecular complexity index is 797. The summed E-state index contributed by atoms with van der Waals surface area (Å²) >= 11 is 3.16. The van der Waals surface area contributed by atoms with E-state index in [4.69, 9.17) is 0 Å². The predicted molar refractivity (Wildman–Crippen MR) is 107 cm³/mol. The van der Waals surface area contributed by atoms with Crippen molar-refractivity contribution < 1.29 is 9.59 Å². The summed E-state index contributed by atoms with van der Waals surface area (Å²) in [5.74, 6) is -0.431. The van der Waals surface area contributed by atoms with Crippen LogP contribution >= 0.6 is 22.7 Å². The van der Waals surface area contributed by atoms with Crippen LogP contribution in [-0.4, -0.2) is 40.1 Å². The summed E-state index contributed by atoms with van der Waals surface area (Å²) in [5.41, 5.74) is 1.09. The number of thiazole rings is 1. The molecule has 1 saturated heterocycles. The van der Waals surface area contributed by atoms with E-state index < -0.39 is 0 Å². The van der Waals surface area contributed by atoms with Crippen LogP contribution in [0.4, 0.5) is 5.13 Å². The van der Waals surface area contributed by atoms with Gasteiger partial charge in [-0.1, -0.05) is 18.3 Å². The Morgan fingerprint density at radius 2 is 2.04 bits per heavy atom. The van der Waals surface area contributed by atoms with E-state index in [9.17, 15) is 9.59 Å². The number of hydrogen-bond acceptors (Lipinski definition) is 7. The lowest BCUT2D eigenvalue weighted by Crippen LogP contribution is -2.33. The second-order valence-corrected chi connectivity index (χ2v) is 9.11. The van der Waals surface area contributed by atoms with Crippen molar-refractivity contribution in [2.24, 2.45) is 5.92 Å². The van der Waals surface area contributed by atoms with Gasteiger partial charge in [0.2, 0.25) is 16.9 Å². The van der Waals surface area contributed by atoms with E-state index in [-0.39, 0.29) is 24.2 Å². The van der Waals surface area contributed by atoms with Crippen LogP contribution in [0.1, 0.15) is 46.8 Å². The maximum absolute atomic E-state index is 12.4. The number of anilines is 1. The average Bonchev–Trinajstić information content (AvgIpc) is 3.32. The van der Waals surface area contributed by atoms with E-state index in [0.717, 1.165) is 41.4 Å². The highest BCUT2D eigenvalue weighted by molar-refractivity contribution is 7.15. The fourth-order valence-corrected chi connectivity index (χ4v) is 4.92. The Morgan fingerprint density at radius 1 is 1.22 bits per heavy atom. The number of hydrogen-bond donors (Lipinski definition) is 1. The molecule has 2 aromatic rings. The molecule has 1 fully saturated rings. The highest BCUT2D eigenvalue weighted by Gasteiger charge is 2.36. The first-order valence-corrected chi connectivity index (χ1v) is 10.9. The predicted octanol–water partition coefficient (Wildman–Crippen LogP) is 2.67. The molecule has 3 rings (SSSR count). The normalized spacial score (nSPS) is 16.9. The summed E-state index contributed by atoms with van der Waals surface area (Å²) in [6.45, 7) is 7.16. The SMILES string of the molecule is CCCc1nnc(N2CC(C(=O)NCCCc3nc(C)c(C)s3)CC2=O)s1. The molecule has 1 atom stereocenters. The molecule has 0 saturated carbocycles. The van der Waals surface area contributed by atoms with Gasteiger partial charge in [0.05, 0.1) is 16.6 Å². The maximum atomic E-state index is 12.4. The van der Waals surface area contributed by atoms with Crippen molar-refractivity contribution in [2.75, 3.05) is 18.0 Å². The maximum Gasteiger partial charge on any atom is 0.229 e. The van der Waals surface area contributed by atoms with E-state index in [1.807, 2.05) is 6.92 Å². The molecular formula is C18H25N5O2S2. The van der Waals surface area contributed by atoms with Gasteiger partial charge >= 0.3 is 0 Å². The fourth-order valence-electron chi connectivity index (χ4n) is 2.98. The third kappa shape index (κ3) is 4.90. The van der Waals surface area contributed by atoms with E-state index >= 15 is 0 Å². The Kier molecular flexibility index (Phi) is 6.54. The van der Waals surface area contributed by atoms with Gasteiger partial charge in [0.25, 0.3) is 0 Å². The minimum Gasteiger partial charge on any atom is -0.356 e. The number of rotatable bonds is 8. The summed E-state index contributed by atoms with van der Waals surface area (Å²) in [6, 6.07) is 0. The van der Waals surface area contributed by atoms with Crippen LogP contribution in [0.15, 0.2) is 0 Å². The van der Waals surface area contributed by atoms with Gasteiger partial charge in [0.1, 0.15) is 5.01 Å². The highest BCUT2D eigenvalue weighted by atomic mass is 32.1. The zero-order chi connectivity index (χ0) is 19.4. The largest absolute Gasteiger partial charge is 0.356 e. The first-order chi connectivity index (χ1) is 13.0. The molecule has 2 aromatic heterocycles. The summed E-state index contributed by atoms with van der Waals surface area (Å²) in [7, 11) is 0.